The lowest BCUT2D eigenvalue weighted by Crippen LogP contribution is -2.45. The fourth-order valence-electron chi connectivity index (χ4n) is 8.21. The molecule has 1 N–H and O–H groups in total. The molecule has 7 rings (SSSR count). The van der Waals surface area contributed by atoms with Gasteiger partial charge in [0.2, 0.25) is 14.3 Å². The molecule has 0 aliphatic carbocycles. The van der Waals surface area contributed by atoms with Gasteiger partial charge in [0.15, 0.2) is 12.2 Å². The van der Waals surface area contributed by atoms with Crippen LogP contribution in [0.4, 0.5) is 21.2 Å². The van der Waals surface area contributed by atoms with E-state index in [9.17, 15) is 19.5 Å². The smallest absolute Gasteiger partial charge is 0.269 e. The molecule has 0 unspecified atom stereocenters. The van der Waals surface area contributed by atoms with E-state index in [0.29, 0.717) is 34.9 Å². The highest BCUT2D eigenvalue weighted by Gasteiger charge is 2.67. The maximum Gasteiger partial charge on any atom is 0.269 e. The Bertz CT molecular complexity index is 1990. The lowest BCUT2D eigenvalue weighted by molar-refractivity contribution is -0.150. The average Bonchev–Trinajstić information content (AvgIpc) is 3.54. The maximum atomic E-state index is 16.4. The minimum Gasteiger partial charge on any atom is -0.482 e. The Morgan fingerprint density at radius 2 is 1.69 bits per heavy atom. The second-order valence-electron chi connectivity index (χ2n) is 14.2. The lowest BCUT2D eigenvalue weighted by Gasteiger charge is -2.31. The predicted octanol–water partition coefficient (Wildman–Crippen LogP) is 7.24. The Balaban J connectivity index is 1.18. The Labute approximate surface area is 312 Å². The number of aliphatic hydroxyl groups excluding tert-OH is 1. The quantitative estimate of drug-likeness (QED) is 0.135. The summed E-state index contributed by atoms with van der Waals surface area (Å²) in [4.78, 5) is 46.6. The Morgan fingerprint density at radius 1 is 0.981 bits per heavy atom. The van der Waals surface area contributed by atoms with Crippen molar-refractivity contribution in [2.24, 2.45) is 5.92 Å². The summed E-state index contributed by atoms with van der Waals surface area (Å²) >= 11 is 3.59. The topological polar surface area (TPSA) is 99.6 Å². The zero-order chi connectivity index (χ0) is 36.8. The highest BCUT2D eigenvalue weighted by atomic mass is 79.9. The van der Waals surface area contributed by atoms with Crippen molar-refractivity contribution in [3.63, 3.8) is 0 Å². The highest BCUT2D eigenvalue weighted by Crippen LogP contribution is 2.60. The molecule has 3 aliphatic rings. The second kappa shape index (κ2) is 14.2. The summed E-state index contributed by atoms with van der Waals surface area (Å²) in [5, 5.41) is 9.81. The van der Waals surface area contributed by atoms with E-state index in [-0.39, 0.29) is 50.4 Å². The number of fused-ring (bicyclic) bond motifs is 3. The Hall–Kier alpha value is -4.36. The molecule has 0 saturated carbocycles. The third kappa shape index (κ3) is 6.46. The highest BCUT2D eigenvalue weighted by molar-refractivity contribution is 9.10. The number of rotatable bonds is 10. The van der Waals surface area contributed by atoms with Crippen LogP contribution in [-0.4, -0.2) is 62.0 Å². The zero-order valence-electron chi connectivity index (χ0n) is 29.3. The molecule has 3 amide bonds. The number of aliphatic hydroxyl groups is 1. The molecule has 1 fully saturated rings. The number of halogens is 2. The summed E-state index contributed by atoms with van der Waals surface area (Å²) in [6, 6.07) is 30.0. The van der Waals surface area contributed by atoms with Crippen molar-refractivity contribution in [3.05, 3.63) is 118 Å². The molecule has 0 bridgehead atoms. The van der Waals surface area contributed by atoms with Gasteiger partial charge >= 0.3 is 0 Å². The minimum atomic E-state index is -3.52. The lowest BCUT2D eigenvalue weighted by atomic mass is 9.82. The molecule has 270 valence electrons. The number of nitrogens with zero attached hydrogens (tertiary/aromatic N) is 3. The van der Waals surface area contributed by atoms with Crippen molar-refractivity contribution in [1.82, 2.24) is 4.90 Å². The van der Waals surface area contributed by atoms with Gasteiger partial charge in [-0.25, -0.2) is 0 Å². The molecule has 4 aromatic carbocycles. The van der Waals surface area contributed by atoms with Gasteiger partial charge in [-0.05, 0) is 66.7 Å². The summed E-state index contributed by atoms with van der Waals surface area (Å²) < 4.78 is 29.6. The molecule has 52 heavy (non-hydrogen) atoms. The first kappa shape index (κ1) is 36.0. The van der Waals surface area contributed by atoms with Crippen molar-refractivity contribution in [2.45, 2.75) is 56.8 Å². The molecule has 1 spiro atoms. The molecule has 3 aliphatic heterocycles. The number of anilines is 3. The first-order chi connectivity index (χ1) is 24.9. The van der Waals surface area contributed by atoms with Crippen LogP contribution in [0.5, 0.6) is 5.75 Å². The molecule has 12 heteroatoms. The number of ether oxygens (including phenoxy) is 2. The third-order valence-electron chi connectivity index (χ3n) is 10.5. The fraction of sp³-hybridized carbons (Fsp3) is 0.325. The molecule has 4 aromatic rings. The van der Waals surface area contributed by atoms with Crippen LogP contribution in [0.3, 0.4) is 0 Å². The van der Waals surface area contributed by atoms with Crippen LogP contribution >= 0.6 is 15.9 Å². The van der Waals surface area contributed by atoms with Crippen LogP contribution < -0.4 is 14.5 Å². The summed E-state index contributed by atoms with van der Waals surface area (Å²) in [6.07, 6.45) is -0.971. The minimum absolute atomic E-state index is 0.0632. The van der Waals surface area contributed by atoms with E-state index in [1.807, 2.05) is 104 Å². The molecule has 4 atom stereocenters. The largest absolute Gasteiger partial charge is 0.482 e. The van der Waals surface area contributed by atoms with Gasteiger partial charge in [0.1, 0.15) is 5.75 Å². The van der Waals surface area contributed by atoms with Gasteiger partial charge in [-0.15, -0.1) is 0 Å². The number of benzene rings is 4. The first-order valence-electron chi connectivity index (χ1n) is 17.5. The third-order valence-corrected chi connectivity index (χ3v) is 13.4. The van der Waals surface area contributed by atoms with Crippen molar-refractivity contribution >= 4 is 59.1 Å². The Morgan fingerprint density at radius 3 is 2.40 bits per heavy atom. The summed E-state index contributed by atoms with van der Waals surface area (Å²) in [5.74, 6) is -0.699. The zero-order valence-corrected chi connectivity index (χ0v) is 31.9. The number of carbonyl (C=O) groups excluding carboxylic acids is 3. The number of hydrogen-bond donors (Lipinski definition) is 1. The summed E-state index contributed by atoms with van der Waals surface area (Å²) in [6.45, 7) is 5.44. The number of para-hydroxylation sites is 2. The second-order valence-corrected chi connectivity index (χ2v) is 18.9. The maximum absolute atomic E-state index is 16.4. The van der Waals surface area contributed by atoms with Crippen molar-refractivity contribution in [3.8, 4) is 5.75 Å². The molecule has 3 heterocycles. The van der Waals surface area contributed by atoms with Crippen LogP contribution in [0.25, 0.3) is 0 Å². The van der Waals surface area contributed by atoms with E-state index < -0.39 is 31.6 Å². The van der Waals surface area contributed by atoms with Gasteiger partial charge < -0.3 is 28.5 Å². The van der Waals surface area contributed by atoms with E-state index in [2.05, 4.69) is 15.9 Å². The molecular formula is C40H41BrFN3O6Si. The molecule has 9 nitrogen and oxygen atoms in total. The van der Waals surface area contributed by atoms with Crippen molar-refractivity contribution < 1.29 is 33.1 Å². The normalized spacial score (nSPS) is 22.4. The standard InChI is InChI=1S/C40H41BrFN3O6Si/c1-26-38(52(2,3)42)35(22-36(47)43(19-20-46)23-27-9-5-4-6-10-27)51-40(26)31-21-29(41)15-18-32(31)44(39(40)49)24-28-13-16-30(17-14-28)45-33-11-7-8-12-34(33)50-25-37(45)48/h4-18,21,26,35,38,46H,19-20,22-25H2,1-3H3/t26-,35+,38-,40+/m1/s1. The van der Waals surface area contributed by atoms with Gasteiger partial charge in [-0.1, -0.05) is 77.5 Å². The predicted molar refractivity (Wildman–Crippen MR) is 202 cm³/mol. The molecule has 0 radical (unpaired) electrons. The van der Waals surface area contributed by atoms with Crippen molar-refractivity contribution in [2.75, 3.05) is 29.6 Å². The number of carbonyl (C=O) groups is 3. The van der Waals surface area contributed by atoms with Gasteiger partial charge in [0, 0.05) is 40.3 Å². The van der Waals surface area contributed by atoms with Gasteiger partial charge in [-0.2, -0.15) is 0 Å². The van der Waals surface area contributed by atoms with Crippen LogP contribution in [0, 0.1) is 5.92 Å². The summed E-state index contributed by atoms with van der Waals surface area (Å²) in [5.41, 5.74) is 2.22. The first-order valence-corrected chi connectivity index (χ1v) is 21.2. The van der Waals surface area contributed by atoms with Gasteiger partial charge in [0.25, 0.3) is 11.8 Å². The van der Waals surface area contributed by atoms with E-state index in [4.69, 9.17) is 9.47 Å². The number of hydrogen-bond acceptors (Lipinski definition) is 6. The van der Waals surface area contributed by atoms with E-state index in [1.165, 1.54) is 0 Å². The molecular weight excluding hydrogens is 745 g/mol. The van der Waals surface area contributed by atoms with Gasteiger partial charge in [0.05, 0.1) is 37.1 Å². The number of amides is 3. The van der Waals surface area contributed by atoms with Crippen LogP contribution in [0.2, 0.25) is 18.6 Å². The van der Waals surface area contributed by atoms with E-state index in [0.717, 1.165) is 15.6 Å². The van der Waals surface area contributed by atoms with Gasteiger partial charge in [-0.3, -0.25) is 19.3 Å². The summed E-state index contributed by atoms with van der Waals surface area (Å²) in [7, 11) is -3.52. The Kier molecular flexibility index (Phi) is 9.85. The van der Waals surface area contributed by atoms with Crippen LogP contribution in [0.1, 0.15) is 30.0 Å². The average molecular weight is 787 g/mol. The van der Waals surface area contributed by atoms with Crippen molar-refractivity contribution in [1.29, 1.82) is 0 Å². The SMILES string of the molecule is C[C@@H]1[C@@H]([Si](C)(C)F)[C@H](CC(=O)N(CCO)Cc2ccccc2)O[C@@]12C(=O)N(Cc1ccc(N3C(=O)COc4ccccc43)cc1)c1ccc(Br)cc12. The van der Waals surface area contributed by atoms with Crippen LogP contribution in [0.15, 0.2) is 102 Å². The van der Waals surface area contributed by atoms with E-state index in [1.54, 1.807) is 27.8 Å². The monoisotopic (exact) mass is 785 g/mol. The van der Waals surface area contributed by atoms with E-state index >= 15 is 4.11 Å². The van der Waals surface area contributed by atoms with Crippen LogP contribution in [-0.2, 0) is 37.8 Å². The molecule has 1 saturated heterocycles. The molecule has 0 aromatic heterocycles. The fourth-order valence-corrected chi connectivity index (χ4v) is 11.1.